The van der Waals surface area contributed by atoms with Gasteiger partial charge in [0.25, 0.3) is 5.91 Å². The molecule has 1 aromatic carbocycles. The highest BCUT2D eigenvalue weighted by atomic mass is 35.5. The number of anilines is 1. The van der Waals surface area contributed by atoms with Crippen molar-refractivity contribution < 1.29 is 13.9 Å². The molecule has 0 unspecified atom stereocenters. The Kier molecular flexibility index (Phi) is 5.98. The van der Waals surface area contributed by atoms with Crippen molar-refractivity contribution in [1.82, 2.24) is 4.57 Å². The van der Waals surface area contributed by atoms with Gasteiger partial charge < -0.3 is 19.0 Å². The van der Waals surface area contributed by atoms with Gasteiger partial charge in [0.2, 0.25) is 0 Å². The number of hydrogen-bond donors (Lipinski definition) is 1. The van der Waals surface area contributed by atoms with Crippen molar-refractivity contribution in [3.63, 3.8) is 0 Å². The Labute approximate surface area is 172 Å². The number of halogens is 2. The predicted octanol–water partition coefficient (Wildman–Crippen LogP) is 4.94. The number of carbonyl (C=O) groups is 1. The van der Waals surface area contributed by atoms with Gasteiger partial charge in [0.15, 0.2) is 12.4 Å². The molecular formula is C20H17Cl2N3O3. The second-order valence-corrected chi connectivity index (χ2v) is 6.91. The molecule has 0 fully saturated rings. The number of furan rings is 1. The summed E-state index contributed by atoms with van der Waals surface area (Å²) in [4.78, 5) is 12.5. The number of hydrogen-bond acceptors (Lipinski definition) is 4. The van der Waals surface area contributed by atoms with E-state index < -0.39 is 5.91 Å². The zero-order valence-electron chi connectivity index (χ0n) is 15.3. The number of nitrogens with one attached hydrogen (secondary N) is 1. The average molecular weight is 418 g/mol. The highest BCUT2D eigenvalue weighted by molar-refractivity contribution is 6.37. The third-order valence-electron chi connectivity index (χ3n) is 4.36. The van der Waals surface area contributed by atoms with Gasteiger partial charge in [-0.05, 0) is 43.7 Å². The Morgan fingerprint density at radius 1 is 1.25 bits per heavy atom. The van der Waals surface area contributed by atoms with Gasteiger partial charge in [0, 0.05) is 5.69 Å². The van der Waals surface area contributed by atoms with Gasteiger partial charge >= 0.3 is 0 Å². The van der Waals surface area contributed by atoms with Crippen LogP contribution in [0, 0.1) is 25.2 Å². The summed E-state index contributed by atoms with van der Waals surface area (Å²) >= 11 is 12.1. The Balaban J connectivity index is 1.82. The minimum atomic E-state index is -0.439. The van der Waals surface area contributed by atoms with Gasteiger partial charge in [-0.1, -0.05) is 29.3 Å². The first-order valence-corrected chi connectivity index (χ1v) is 9.16. The number of carbonyl (C=O) groups excluding carboxylic acids is 1. The van der Waals surface area contributed by atoms with E-state index in [1.807, 2.05) is 24.5 Å². The van der Waals surface area contributed by atoms with Crippen LogP contribution in [-0.4, -0.2) is 17.1 Å². The molecule has 0 aliphatic carbocycles. The fraction of sp³-hybridized carbons (Fsp3) is 0.200. The van der Waals surface area contributed by atoms with E-state index >= 15 is 0 Å². The van der Waals surface area contributed by atoms with E-state index in [-0.39, 0.29) is 12.4 Å². The van der Waals surface area contributed by atoms with Crippen LogP contribution in [0.2, 0.25) is 10.0 Å². The fourth-order valence-electron chi connectivity index (χ4n) is 2.81. The van der Waals surface area contributed by atoms with E-state index in [4.69, 9.17) is 32.4 Å². The van der Waals surface area contributed by atoms with Crippen molar-refractivity contribution in [2.75, 3.05) is 11.9 Å². The van der Waals surface area contributed by atoms with Gasteiger partial charge in [-0.2, -0.15) is 5.26 Å². The second-order valence-electron chi connectivity index (χ2n) is 6.10. The molecule has 144 valence electrons. The Morgan fingerprint density at radius 3 is 2.57 bits per heavy atom. The first kappa shape index (κ1) is 19.9. The highest BCUT2D eigenvalue weighted by Crippen LogP contribution is 2.32. The van der Waals surface area contributed by atoms with Crippen molar-refractivity contribution in [1.29, 1.82) is 5.26 Å². The van der Waals surface area contributed by atoms with E-state index in [9.17, 15) is 10.1 Å². The molecule has 0 aliphatic rings. The average Bonchev–Trinajstić information content (AvgIpc) is 3.24. The zero-order valence-corrected chi connectivity index (χ0v) is 16.8. The van der Waals surface area contributed by atoms with Crippen molar-refractivity contribution in [3.8, 4) is 11.8 Å². The summed E-state index contributed by atoms with van der Waals surface area (Å²) < 4.78 is 12.7. The topological polar surface area (TPSA) is 80.2 Å². The molecule has 6 nitrogen and oxygen atoms in total. The molecule has 0 bridgehead atoms. The number of nitrogens with zero attached hydrogens (tertiary/aromatic N) is 2. The van der Waals surface area contributed by atoms with E-state index in [1.54, 1.807) is 30.5 Å². The number of para-hydroxylation sites is 1. The van der Waals surface area contributed by atoms with Crippen LogP contribution in [0.1, 0.15) is 22.6 Å². The molecule has 0 atom stereocenters. The second kappa shape index (κ2) is 8.42. The first-order valence-electron chi connectivity index (χ1n) is 8.41. The third kappa shape index (κ3) is 4.01. The standard InChI is InChI=1S/C20H17Cl2N3O3/c1-12-13(2)25(10-14-5-4-8-27-14)20(15(12)9-23)24-18(26)11-28-19-16(21)6-3-7-17(19)22/h3-8H,10-11H2,1-2H3,(H,24,26). The Hall–Kier alpha value is -2.88. The van der Waals surface area contributed by atoms with Crippen molar-refractivity contribution in [3.05, 3.63) is 69.2 Å². The lowest BCUT2D eigenvalue weighted by Crippen LogP contribution is -2.23. The summed E-state index contributed by atoms with van der Waals surface area (Å²) in [5, 5.41) is 12.9. The number of benzene rings is 1. The predicted molar refractivity (Wildman–Crippen MR) is 107 cm³/mol. The molecule has 1 N–H and O–H groups in total. The summed E-state index contributed by atoms with van der Waals surface area (Å²) in [5.74, 6) is 0.899. The lowest BCUT2D eigenvalue weighted by Gasteiger charge is -2.13. The molecule has 8 heteroatoms. The molecule has 2 heterocycles. The fourth-order valence-corrected chi connectivity index (χ4v) is 3.32. The number of amides is 1. The van der Waals surface area contributed by atoms with Crippen LogP contribution in [0.3, 0.4) is 0 Å². The van der Waals surface area contributed by atoms with Crippen molar-refractivity contribution in [2.24, 2.45) is 0 Å². The van der Waals surface area contributed by atoms with E-state index in [2.05, 4.69) is 11.4 Å². The third-order valence-corrected chi connectivity index (χ3v) is 4.95. The molecule has 0 saturated heterocycles. The highest BCUT2D eigenvalue weighted by Gasteiger charge is 2.21. The van der Waals surface area contributed by atoms with Crippen LogP contribution >= 0.6 is 23.2 Å². The molecule has 0 saturated carbocycles. The summed E-state index contributed by atoms with van der Waals surface area (Å²) in [5.41, 5.74) is 2.05. The summed E-state index contributed by atoms with van der Waals surface area (Å²) in [7, 11) is 0. The largest absolute Gasteiger partial charge is 0.481 e. The van der Waals surface area contributed by atoms with E-state index in [0.717, 1.165) is 11.3 Å². The maximum atomic E-state index is 12.5. The van der Waals surface area contributed by atoms with Crippen molar-refractivity contribution in [2.45, 2.75) is 20.4 Å². The first-order chi connectivity index (χ1) is 13.4. The van der Waals surface area contributed by atoms with Crippen LogP contribution in [-0.2, 0) is 11.3 Å². The minimum Gasteiger partial charge on any atom is -0.481 e. The lowest BCUT2D eigenvalue weighted by atomic mass is 10.2. The van der Waals surface area contributed by atoms with Crippen LogP contribution in [0.5, 0.6) is 5.75 Å². The Bertz CT molecular complexity index is 1030. The number of nitriles is 1. The molecule has 3 aromatic rings. The monoisotopic (exact) mass is 417 g/mol. The molecule has 28 heavy (non-hydrogen) atoms. The maximum absolute atomic E-state index is 12.5. The molecule has 2 aromatic heterocycles. The molecule has 1 amide bonds. The molecule has 0 radical (unpaired) electrons. The van der Waals surface area contributed by atoms with E-state index in [1.165, 1.54) is 0 Å². The quantitative estimate of drug-likeness (QED) is 0.615. The molecule has 0 aliphatic heterocycles. The SMILES string of the molecule is Cc1c(C#N)c(NC(=O)COc2c(Cl)cccc2Cl)n(Cc2ccco2)c1C. The van der Waals surface area contributed by atoms with Gasteiger partial charge in [0.1, 0.15) is 17.6 Å². The zero-order chi connectivity index (χ0) is 20.3. The van der Waals surface area contributed by atoms with Crippen LogP contribution in [0.15, 0.2) is 41.0 Å². The molecule has 3 rings (SSSR count). The van der Waals surface area contributed by atoms with Crippen LogP contribution in [0.25, 0.3) is 0 Å². The molecule has 0 spiro atoms. The van der Waals surface area contributed by atoms with Gasteiger partial charge in [0.05, 0.1) is 28.4 Å². The minimum absolute atomic E-state index is 0.236. The summed E-state index contributed by atoms with van der Waals surface area (Å²) in [6, 6.07) is 10.7. The summed E-state index contributed by atoms with van der Waals surface area (Å²) in [6.45, 7) is 3.80. The molecular weight excluding hydrogens is 401 g/mol. The maximum Gasteiger partial charge on any atom is 0.263 e. The lowest BCUT2D eigenvalue weighted by molar-refractivity contribution is -0.118. The van der Waals surface area contributed by atoms with Gasteiger partial charge in [-0.25, -0.2) is 0 Å². The van der Waals surface area contributed by atoms with Crippen LogP contribution < -0.4 is 10.1 Å². The smallest absolute Gasteiger partial charge is 0.263 e. The Morgan fingerprint density at radius 2 is 1.96 bits per heavy atom. The number of aromatic nitrogens is 1. The normalized spacial score (nSPS) is 10.5. The van der Waals surface area contributed by atoms with Gasteiger partial charge in [-0.3, -0.25) is 4.79 Å². The van der Waals surface area contributed by atoms with Crippen molar-refractivity contribution >= 4 is 34.9 Å². The van der Waals surface area contributed by atoms with Crippen LogP contribution in [0.4, 0.5) is 5.82 Å². The van der Waals surface area contributed by atoms with E-state index in [0.29, 0.717) is 33.7 Å². The van der Waals surface area contributed by atoms with Gasteiger partial charge in [-0.15, -0.1) is 0 Å². The number of rotatable bonds is 6. The number of ether oxygens (including phenoxy) is 1. The summed E-state index contributed by atoms with van der Waals surface area (Å²) in [6.07, 6.45) is 1.58.